The topological polar surface area (TPSA) is 33.5 Å². The number of carbonyl (C=O) groups excluding carboxylic acids is 1. The molecular weight excluding hydrogens is 226 g/mol. The Kier molecular flexibility index (Phi) is 3.88. The van der Waals surface area contributed by atoms with Gasteiger partial charge in [-0.3, -0.25) is 4.79 Å². The molecule has 0 bridgehead atoms. The maximum atomic E-state index is 12.0. The van der Waals surface area contributed by atoms with Gasteiger partial charge in [-0.15, -0.1) is 11.6 Å². The molecule has 1 aliphatic heterocycles. The molecule has 88 valence electrons. The average molecular weight is 242 g/mol. The minimum atomic E-state index is 0.0769. The van der Waals surface area contributed by atoms with Gasteiger partial charge in [-0.2, -0.15) is 0 Å². The molecular formula is C12H16ClNO2. The molecule has 0 saturated carbocycles. The van der Waals surface area contributed by atoms with Crippen LogP contribution in [-0.4, -0.2) is 29.8 Å². The van der Waals surface area contributed by atoms with Crippen LogP contribution in [-0.2, 0) is 0 Å². The number of hydrogen-bond donors (Lipinski definition) is 0. The van der Waals surface area contributed by atoms with Crippen molar-refractivity contribution in [1.29, 1.82) is 0 Å². The number of hydrogen-bond acceptors (Lipinski definition) is 2. The summed E-state index contributed by atoms with van der Waals surface area (Å²) in [6, 6.07) is 1.72. The highest BCUT2D eigenvalue weighted by molar-refractivity contribution is 6.17. The van der Waals surface area contributed by atoms with E-state index in [0.717, 1.165) is 25.9 Å². The van der Waals surface area contributed by atoms with Gasteiger partial charge >= 0.3 is 0 Å². The number of nitrogens with zero attached hydrogens (tertiary/aromatic N) is 1. The third-order valence-electron chi connectivity index (χ3n) is 3.09. The van der Waals surface area contributed by atoms with Crippen LogP contribution in [0.5, 0.6) is 0 Å². The number of likely N-dealkylation sites (tertiary alicyclic amines) is 1. The molecule has 0 N–H and O–H groups in total. The smallest absolute Gasteiger partial charge is 0.257 e. The molecule has 1 aromatic rings. The van der Waals surface area contributed by atoms with Crippen molar-refractivity contribution in [2.75, 3.05) is 19.0 Å². The summed E-state index contributed by atoms with van der Waals surface area (Å²) in [5.74, 6) is 1.31. The Bertz CT molecular complexity index is 335. The third-order valence-corrected chi connectivity index (χ3v) is 3.31. The van der Waals surface area contributed by atoms with E-state index >= 15 is 0 Å². The van der Waals surface area contributed by atoms with Crippen molar-refractivity contribution in [3.63, 3.8) is 0 Å². The largest absolute Gasteiger partial charge is 0.472 e. The Balaban J connectivity index is 1.96. The fraction of sp³-hybridized carbons (Fsp3) is 0.583. The van der Waals surface area contributed by atoms with Crippen molar-refractivity contribution >= 4 is 17.5 Å². The number of halogens is 1. The van der Waals surface area contributed by atoms with Crippen LogP contribution in [0.1, 0.15) is 29.6 Å². The zero-order valence-electron chi connectivity index (χ0n) is 9.19. The van der Waals surface area contributed by atoms with E-state index < -0.39 is 0 Å². The summed E-state index contributed by atoms with van der Waals surface area (Å²) < 4.78 is 4.93. The van der Waals surface area contributed by atoms with E-state index in [1.165, 1.54) is 18.9 Å². The predicted octanol–water partition coefficient (Wildman–Crippen LogP) is 2.76. The van der Waals surface area contributed by atoms with Gasteiger partial charge in [-0.25, -0.2) is 0 Å². The molecule has 3 nitrogen and oxygen atoms in total. The van der Waals surface area contributed by atoms with Crippen LogP contribution in [0.2, 0.25) is 0 Å². The monoisotopic (exact) mass is 241 g/mol. The first kappa shape index (κ1) is 11.5. The van der Waals surface area contributed by atoms with Crippen molar-refractivity contribution in [3.8, 4) is 0 Å². The van der Waals surface area contributed by atoms with Crippen molar-refractivity contribution in [2.24, 2.45) is 5.92 Å². The Labute approximate surface area is 100 Å². The molecule has 1 atom stereocenters. The van der Waals surface area contributed by atoms with Gasteiger partial charge in [-0.1, -0.05) is 0 Å². The minimum absolute atomic E-state index is 0.0769. The molecule has 0 spiro atoms. The van der Waals surface area contributed by atoms with Crippen molar-refractivity contribution in [3.05, 3.63) is 24.2 Å². The number of amides is 1. The molecule has 0 aliphatic carbocycles. The molecule has 1 aliphatic rings. The van der Waals surface area contributed by atoms with Crippen molar-refractivity contribution in [2.45, 2.75) is 19.3 Å². The lowest BCUT2D eigenvalue weighted by Gasteiger charge is -2.32. The van der Waals surface area contributed by atoms with Crippen LogP contribution < -0.4 is 0 Å². The lowest BCUT2D eigenvalue weighted by molar-refractivity contribution is 0.0671. The minimum Gasteiger partial charge on any atom is -0.472 e. The normalized spacial score (nSPS) is 21.1. The molecule has 1 fully saturated rings. The van der Waals surface area contributed by atoms with E-state index in [4.69, 9.17) is 16.0 Å². The quantitative estimate of drug-likeness (QED) is 0.763. The van der Waals surface area contributed by atoms with Gasteiger partial charge in [0.25, 0.3) is 5.91 Å². The fourth-order valence-electron chi connectivity index (χ4n) is 2.21. The molecule has 0 radical (unpaired) electrons. The summed E-state index contributed by atoms with van der Waals surface area (Å²) in [4.78, 5) is 14.0. The van der Waals surface area contributed by atoms with E-state index in [0.29, 0.717) is 17.4 Å². The van der Waals surface area contributed by atoms with Crippen LogP contribution in [0.4, 0.5) is 0 Å². The highest BCUT2D eigenvalue weighted by Gasteiger charge is 2.24. The number of rotatable bonds is 3. The summed E-state index contributed by atoms with van der Waals surface area (Å²) in [6.45, 7) is 1.68. The van der Waals surface area contributed by atoms with Crippen LogP contribution in [0.3, 0.4) is 0 Å². The standard InChI is InChI=1S/C12H16ClNO2/c13-5-3-10-2-1-6-14(8-10)12(15)11-4-7-16-9-11/h4,7,9-10H,1-3,5-6,8H2. The van der Waals surface area contributed by atoms with Gasteiger partial charge in [0.1, 0.15) is 6.26 Å². The van der Waals surface area contributed by atoms with Crippen LogP contribution in [0, 0.1) is 5.92 Å². The lowest BCUT2D eigenvalue weighted by atomic mass is 9.95. The second kappa shape index (κ2) is 5.39. The summed E-state index contributed by atoms with van der Waals surface area (Å²) in [7, 11) is 0. The van der Waals surface area contributed by atoms with E-state index in [1.807, 2.05) is 4.90 Å². The maximum Gasteiger partial charge on any atom is 0.257 e. The number of carbonyl (C=O) groups is 1. The fourth-order valence-corrected chi connectivity index (χ4v) is 2.52. The highest BCUT2D eigenvalue weighted by atomic mass is 35.5. The van der Waals surface area contributed by atoms with Gasteiger partial charge in [-0.05, 0) is 31.2 Å². The molecule has 4 heteroatoms. The van der Waals surface area contributed by atoms with Gasteiger partial charge in [0.2, 0.25) is 0 Å². The molecule has 16 heavy (non-hydrogen) atoms. The summed E-state index contributed by atoms with van der Waals surface area (Å²) >= 11 is 5.74. The van der Waals surface area contributed by atoms with E-state index in [1.54, 1.807) is 6.07 Å². The number of alkyl halides is 1. The zero-order chi connectivity index (χ0) is 11.4. The first-order valence-corrected chi connectivity index (χ1v) is 6.22. The molecule has 2 heterocycles. The first-order chi connectivity index (χ1) is 7.81. The van der Waals surface area contributed by atoms with Crippen LogP contribution >= 0.6 is 11.6 Å². The van der Waals surface area contributed by atoms with Gasteiger partial charge < -0.3 is 9.32 Å². The molecule has 1 saturated heterocycles. The average Bonchev–Trinajstić information content (AvgIpc) is 2.82. The second-order valence-corrected chi connectivity index (χ2v) is 4.63. The van der Waals surface area contributed by atoms with Crippen molar-refractivity contribution in [1.82, 2.24) is 4.90 Å². The molecule has 2 rings (SSSR count). The van der Waals surface area contributed by atoms with E-state index in [2.05, 4.69) is 0 Å². The Morgan fingerprint density at radius 2 is 2.50 bits per heavy atom. The number of furan rings is 1. The molecule has 1 amide bonds. The highest BCUT2D eigenvalue weighted by Crippen LogP contribution is 2.21. The second-order valence-electron chi connectivity index (χ2n) is 4.25. The number of piperidine rings is 1. The molecule has 1 aromatic heterocycles. The van der Waals surface area contributed by atoms with Crippen molar-refractivity contribution < 1.29 is 9.21 Å². The van der Waals surface area contributed by atoms with Crippen LogP contribution in [0.25, 0.3) is 0 Å². The van der Waals surface area contributed by atoms with Gasteiger partial charge in [0, 0.05) is 19.0 Å². The SMILES string of the molecule is O=C(c1ccoc1)N1CCCC(CCCl)C1. The van der Waals surface area contributed by atoms with Gasteiger partial charge in [0.15, 0.2) is 0 Å². The Hall–Kier alpha value is -0.960. The summed E-state index contributed by atoms with van der Waals surface area (Å²) in [6.07, 6.45) is 6.30. The summed E-state index contributed by atoms with van der Waals surface area (Å²) in [5.41, 5.74) is 0.645. The predicted molar refractivity (Wildman–Crippen MR) is 62.7 cm³/mol. The van der Waals surface area contributed by atoms with Crippen LogP contribution in [0.15, 0.2) is 23.0 Å². The Morgan fingerprint density at radius 3 is 3.19 bits per heavy atom. The lowest BCUT2D eigenvalue weighted by Crippen LogP contribution is -2.39. The Morgan fingerprint density at radius 1 is 1.62 bits per heavy atom. The molecule has 1 unspecified atom stereocenters. The third kappa shape index (κ3) is 2.59. The summed E-state index contributed by atoms with van der Waals surface area (Å²) in [5, 5.41) is 0. The van der Waals surface area contributed by atoms with Gasteiger partial charge in [0.05, 0.1) is 11.8 Å². The zero-order valence-corrected chi connectivity index (χ0v) is 9.95. The van der Waals surface area contributed by atoms with E-state index in [9.17, 15) is 4.79 Å². The molecule has 0 aromatic carbocycles. The van der Waals surface area contributed by atoms with E-state index in [-0.39, 0.29) is 5.91 Å². The maximum absolute atomic E-state index is 12.0. The first-order valence-electron chi connectivity index (χ1n) is 5.68.